The van der Waals surface area contributed by atoms with Crippen LogP contribution in [-0.4, -0.2) is 13.2 Å². The first kappa shape index (κ1) is 24.2. The van der Waals surface area contributed by atoms with Crippen molar-refractivity contribution in [3.63, 3.8) is 0 Å². The van der Waals surface area contributed by atoms with Gasteiger partial charge >= 0.3 is 0 Å². The molecule has 1 saturated heterocycles. The maximum absolute atomic E-state index is 14.8. The number of allylic oxidation sites excluding steroid dienone is 2. The number of rotatable bonds is 7. The Hall–Kier alpha value is -2.96. The molecule has 1 fully saturated rings. The van der Waals surface area contributed by atoms with Crippen LogP contribution < -0.4 is 0 Å². The number of halogens is 4. The molecule has 2 nitrogen and oxygen atoms in total. The second kappa shape index (κ2) is 11.0. The second-order valence-electron chi connectivity index (χ2n) is 8.38. The lowest BCUT2D eigenvalue weighted by atomic mass is 9.98. The van der Waals surface area contributed by atoms with Gasteiger partial charge in [0.15, 0.2) is 6.29 Å². The van der Waals surface area contributed by atoms with Crippen LogP contribution >= 0.6 is 0 Å². The molecule has 4 rings (SSSR count). The van der Waals surface area contributed by atoms with Crippen LogP contribution in [0.3, 0.4) is 0 Å². The van der Waals surface area contributed by atoms with Crippen molar-refractivity contribution < 1.29 is 27.0 Å². The normalized spacial score (nSPS) is 18.5. The van der Waals surface area contributed by atoms with E-state index >= 15 is 0 Å². The topological polar surface area (TPSA) is 18.5 Å². The molecule has 1 heterocycles. The first-order valence-electron chi connectivity index (χ1n) is 11.3. The van der Waals surface area contributed by atoms with E-state index in [9.17, 15) is 17.6 Å². The Bertz CT molecular complexity index is 1130. The molecule has 0 aromatic heterocycles. The molecule has 0 saturated carbocycles. The number of benzene rings is 3. The third-order valence-electron chi connectivity index (χ3n) is 6.01. The average Bonchev–Trinajstić information content (AvgIpc) is 2.84. The highest BCUT2D eigenvalue weighted by atomic mass is 19.1. The van der Waals surface area contributed by atoms with Crippen molar-refractivity contribution in [3.05, 3.63) is 95.3 Å². The lowest BCUT2D eigenvalue weighted by Crippen LogP contribution is -2.27. The van der Waals surface area contributed by atoms with Gasteiger partial charge in [-0.3, -0.25) is 0 Å². The molecule has 34 heavy (non-hydrogen) atoms. The average molecular weight is 471 g/mol. The van der Waals surface area contributed by atoms with Gasteiger partial charge in [0.1, 0.15) is 24.1 Å². The van der Waals surface area contributed by atoms with Gasteiger partial charge in [-0.15, -0.1) is 0 Å². The second-order valence-corrected chi connectivity index (χ2v) is 8.38. The number of hydrogen-bond acceptors (Lipinski definition) is 2. The lowest BCUT2D eigenvalue weighted by molar-refractivity contribution is -0.205. The van der Waals surface area contributed by atoms with Crippen LogP contribution in [-0.2, 0) is 16.1 Å². The third kappa shape index (κ3) is 5.40. The van der Waals surface area contributed by atoms with Gasteiger partial charge in [0.2, 0.25) is 0 Å². The first-order valence-corrected chi connectivity index (χ1v) is 11.3. The summed E-state index contributed by atoms with van der Waals surface area (Å²) in [6, 6.07) is 13.8. The molecule has 0 amide bonds. The predicted molar refractivity (Wildman–Crippen MR) is 124 cm³/mol. The molecule has 0 unspecified atom stereocenters. The van der Waals surface area contributed by atoms with E-state index in [0.717, 1.165) is 36.1 Å². The molecule has 0 bridgehead atoms. The standard InChI is InChI=1S/C28H26F4O2/c1-2-3-4-5-18-16-33-28(34-17-18)20-8-6-19(7-9-20)21-10-11-23(25(30)12-21)22-13-26(31)24(15-29)27(32)14-22/h2-3,6-14,18,28H,4-5,15-17H2,1H3/b3-2+. The van der Waals surface area contributed by atoms with E-state index in [1.165, 1.54) is 12.1 Å². The Kier molecular flexibility index (Phi) is 7.80. The van der Waals surface area contributed by atoms with Crippen LogP contribution in [0.25, 0.3) is 22.3 Å². The van der Waals surface area contributed by atoms with E-state index in [1.807, 2.05) is 37.3 Å². The van der Waals surface area contributed by atoms with Gasteiger partial charge in [-0.1, -0.05) is 48.6 Å². The van der Waals surface area contributed by atoms with Crippen LogP contribution in [0.5, 0.6) is 0 Å². The van der Waals surface area contributed by atoms with Crippen molar-refractivity contribution >= 4 is 0 Å². The Morgan fingerprint density at radius 2 is 1.44 bits per heavy atom. The molecule has 0 atom stereocenters. The summed E-state index contributed by atoms with van der Waals surface area (Å²) in [7, 11) is 0. The SMILES string of the molecule is C/C=C/CCC1COC(c2ccc(-c3ccc(-c4cc(F)c(CF)c(F)c4)c(F)c3)cc2)OC1. The highest BCUT2D eigenvalue weighted by molar-refractivity contribution is 5.71. The Balaban J connectivity index is 1.45. The third-order valence-corrected chi connectivity index (χ3v) is 6.01. The molecule has 178 valence electrons. The molecule has 3 aromatic rings. The minimum atomic E-state index is -1.26. The van der Waals surface area contributed by atoms with Crippen LogP contribution in [0.1, 0.15) is 37.2 Å². The predicted octanol–water partition coefficient (Wildman–Crippen LogP) is 7.93. The van der Waals surface area contributed by atoms with Crippen molar-refractivity contribution in [3.8, 4) is 22.3 Å². The summed E-state index contributed by atoms with van der Waals surface area (Å²) in [4.78, 5) is 0. The Morgan fingerprint density at radius 1 is 0.824 bits per heavy atom. The molecule has 0 aliphatic carbocycles. The van der Waals surface area contributed by atoms with E-state index in [2.05, 4.69) is 6.08 Å². The van der Waals surface area contributed by atoms with Gasteiger partial charge in [0.25, 0.3) is 0 Å². The summed E-state index contributed by atoms with van der Waals surface area (Å²) in [5.74, 6) is -2.32. The smallest absolute Gasteiger partial charge is 0.183 e. The van der Waals surface area contributed by atoms with Gasteiger partial charge < -0.3 is 9.47 Å². The maximum atomic E-state index is 14.8. The van der Waals surface area contributed by atoms with Gasteiger partial charge in [-0.2, -0.15) is 0 Å². The van der Waals surface area contributed by atoms with E-state index in [0.29, 0.717) is 24.7 Å². The van der Waals surface area contributed by atoms with Gasteiger partial charge in [0, 0.05) is 17.0 Å². The zero-order chi connectivity index (χ0) is 24.1. The van der Waals surface area contributed by atoms with Gasteiger partial charge in [0.05, 0.1) is 18.8 Å². The zero-order valence-corrected chi connectivity index (χ0v) is 18.9. The quantitative estimate of drug-likeness (QED) is 0.258. The molecule has 1 aliphatic rings. The van der Waals surface area contributed by atoms with E-state index < -0.39 is 36.0 Å². The van der Waals surface area contributed by atoms with Crippen LogP contribution in [0, 0.1) is 23.4 Å². The molecular weight excluding hydrogens is 444 g/mol. The summed E-state index contributed by atoms with van der Waals surface area (Å²) in [6.45, 7) is 2.03. The minimum Gasteiger partial charge on any atom is -0.348 e. The number of alkyl halides is 1. The molecule has 1 aliphatic heterocycles. The van der Waals surface area contributed by atoms with E-state index in [1.54, 1.807) is 6.07 Å². The highest BCUT2D eigenvalue weighted by Crippen LogP contribution is 2.32. The van der Waals surface area contributed by atoms with E-state index in [4.69, 9.17) is 9.47 Å². The fourth-order valence-corrected chi connectivity index (χ4v) is 4.05. The monoisotopic (exact) mass is 470 g/mol. The van der Waals surface area contributed by atoms with Crippen molar-refractivity contribution in [1.82, 2.24) is 0 Å². The maximum Gasteiger partial charge on any atom is 0.183 e. The molecular formula is C28H26F4O2. The fourth-order valence-electron chi connectivity index (χ4n) is 4.05. The lowest BCUT2D eigenvalue weighted by Gasteiger charge is -2.29. The van der Waals surface area contributed by atoms with Crippen LogP contribution in [0.2, 0.25) is 0 Å². The van der Waals surface area contributed by atoms with Crippen molar-refractivity contribution in [1.29, 1.82) is 0 Å². The van der Waals surface area contributed by atoms with Crippen molar-refractivity contribution in [2.24, 2.45) is 5.92 Å². The fraction of sp³-hybridized carbons (Fsp3) is 0.286. The highest BCUT2D eigenvalue weighted by Gasteiger charge is 2.23. The van der Waals surface area contributed by atoms with Crippen molar-refractivity contribution in [2.45, 2.75) is 32.7 Å². The molecule has 0 spiro atoms. The summed E-state index contributed by atoms with van der Waals surface area (Å²) in [6.07, 6.45) is 5.79. The Labute approximate surface area is 196 Å². The number of ether oxygens (including phenoxy) is 2. The molecule has 0 N–H and O–H groups in total. The van der Waals surface area contributed by atoms with Crippen LogP contribution in [0.4, 0.5) is 17.6 Å². The summed E-state index contributed by atoms with van der Waals surface area (Å²) in [5.41, 5.74) is 1.67. The Morgan fingerprint density at radius 3 is 2.03 bits per heavy atom. The van der Waals surface area contributed by atoms with Crippen LogP contribution in [0.15, 0.2) is 66.7 Å². The van der Waals surface area contributed by atoms with Gasteiger partial charge in [-0.05, 0) is 54.7 Å². The molecule has 0 radical (unpaired) electrons. The van der Waals surface area contributed by atoms with Gasteiger partial charge in [-0.25, -0.2) is 17.6 Å². The minimum absolute atomic E-state index is 0.0159. The largest absolute Gasteiger partial charge is 0.348 e. The van der Waals surface area contributed by atoms with Crippen molar-refractivity contribution in [2.75, 3.05) is 13.2 Å². The first-order chi connectivity index (χ1) is 16.5. The zero-order valence-electron chi connectivity index (χ0n) is 18.9. The molecule has 3 aromatic carbocycles. The number of hydrogen-bond donors (Lipinski definition) is 0. The summed E-state index contributed by atoms with van der Waals surface area (Å²) >= 11 is 0. The molecule has 6 heteroatoms. The summed E-state index contributed by atoms with van der Waals surface area (Å²) < 4.78 is 67.2. The summed E-state index contributed by atoms with van der Waals surface area (Å²) in [5, 5.41) is 0. The van der Waals surface area contributed by atoms with E-state index in [-0.39, 0.29) is 11.1 Å².